The van der Waals surface area contributed by atoms with E-state index in [1.165, 1.54) is 48.5 Å². The van der Waals surface area contributed by atoms with Crippen molar-refractivity contribution in [2.24, 2.45) is 0 Å². The van der Waals surface area contributed by atoms with Crippen LogP contribution in [0.15, 0.2) is 72.8 Å². The number of nitrogens with zero attached hydrogens (tertiary/aromatic N) is 2. The van der Waals surface area contributed by atoms with Gasteiger partial charge in [-0.05, 0) is 146 Å². The van der Waals surface area contributed by atoms with Crippen LogP contribution in [0, 0.1) is 23.3 Å². The summed E-state index contributed by atoms with van der Waals surface area (Å²) in [5.41, 5.74) is 3.25. The van der Waals surface area contributed by atoms with E-state index in [0.29, 0.717) is 74.4 Å². The van der Waals surface area contributed by atoms with Gasteiger partial charge in [0.05, 0.1) is 0 Å². The van der Waals surface area contributed by atoms with Crippen LogP contribution in [0.25, 0.3) is 0 Å². The molecule has 0 spiro atoms. The Morgan fingerprint density at radius 1 is 0.433 bits per heavy atom. The monoisotopic (exact) mass is 874 g/mol. The van der Waals surface area contributed by atoms with E-state index in [4.69, 9.17) is 18.9 Å². The van der Waals surface area contributed by atoms with Crippen molar-refractivity contribution in [3.05, 3.63) is 118 Å². The van der Waals surface area contributed by atoms with Crippen molar-refractivity contribution in [2.75, 3.05) is 26.2 Å². The number of fused-ring (bicyclic) bond motifs is 4. The average Bonchev–Trinajstić information content (AvgIpc) is 3.22. The SMILES string of the molecule is O[C@@H](CN(P)C[C@H](O)[C@H]1CCc2cc(F)ccc2O1)[C@@H]1CCc2cc(F)ccc2O1.O[C@@H](CN(P)C[C@H](O)[C@H]1CCc2cc(F)ccc2O1)[C@@H]1CCc2cc(F)ccc2O1. The van der Waals surface area contributed by atoms with Crippen LogP contribution < -0.4 is 18.9 Å². The quantitative estimate of drug-likeness (QED) is 0.104. The molecule has 4 N–H and O–H groups in total. The first-order chi connectivity index (χ1) is 28.8. The Kier molecular flexibility index (Phi) is 14.9. The molecule has 10 nitrogen and oxygen atoms in total. The van der Waals surface area contributed by atoms with E-state index in [9.17, 15) is 38.0 Å². The van der Waals surface area contributed by atoms with Crippen molar-refractivity contribution < 1.29 is 56.9 Å². The molecule has 324 valence electrons. The summed E-state index contributed by atoms with van der Waals surface area (Å²) in [5.74, 6) is 1.25. The summed E-state index contributed by atoms with van der Waals surface area (Å²) < 4.78 is 80.3. The molecule has 0 saturated carbocycles. The number of ether oxygens (including phenoxy) is 4. The Labute approximate surface area is 351 Å². The van der Waals surface area contributed by atoms with Crippen LogP contribution in [0.4, 0.5) is 17.6 Å². The van der Waals surface area contributed by atoms with Crippen LogP contribution in [0.3, 0.4) is 0 Å². The van der Waals surface area contributed by atoms with Crippen LogP contribution >= 0.6 is 18.8 Å². The number of hydrogen-bond acceptors (Lipinski definition) is 10. The van der Waals surface area contributed by atoms with Gasteiger partial charge in [-0.2, -0.15) is 0 Å². The normalized spacial score (nSPS) is 22.5. The first-order valence-electron chi connectivity index (χ1n) is 20.3. The third-order valence-electron chi connectivity index (χ3n) is 11.4. The summed E-state index contributed by atoms with van der Waals surface area (Å²) in [4.78, 5) is 0. The predicted octanol–water partition coefficient (Wildman–Crippen LogP) is 5.73. The number of benzene rings is 4. The van der Waals surface area contributed by atoms with Crippen molar-refractivity contribution >= 4 is 18.8 Å². The molecular formula is C44H52F4N2O8P2. The van der Waals surface area contributed by atoms with Crippen molar-refractivity contribution in [3.63, 3.8) is 0 Å². The van der Waals surface area contributed by atoms with Gasteiger partial charge in [0.15, 0.2) is 0 Å². The van der Waals surface area contributed by atoms with E-state index in [1.54, 1.807) is 33.6 Å². The van der Waals surface area contributed by atoms with Gasteiger partial charge in [-0.1, -0.05) is 18.8 Å². The highest BCUT2D eigenvalue weighted by atomic mass is 31.0. The number of aliphatic hydroxyl groups is 4. The second-order valence-electron chi connectivity index (χ2n) is 16.0. The summed E-state index contributed by atoms with van der Waals surface area (Å²) in [6, 6.07) is 17.6. The molecule has 0 bridgehead atoms. The first-order valence-corrected chi connectivity index (χ1v) is 21.3. The molecule has 8 rings (SSSR count). The lowest BCUT2D eigenvalue weighted by molar-refractivity contribution is -0.00762. The lowest BCUT2D eigenvalue weighted by Crippen LogP contribution is -2.45. The minimum atomic E-state index is -0.760. The van der Waals surface area contributed by atoms with Crippen LogP contribution in [-0.4, -0.2) is 105 Å². The standard InChI is InChI=1S/2C22H26F2NO4P/c2*23-15-3-7-19-13(9-15)1-5-21(28-19)17(26)11-25(30)12-18(27)22-6-2-14-10-16(24)4-8-20(14)29-22/h2*3-4,7-10,17-18,21-22,26-27H,1-2,5-6,11-12,30H2/t2*17-,18-,21-,22+/m00/s1. The molecule has 0 saturated heterocycles. The fraction of sp³-hybridized carbons (Fsp3) is 0.455. The Morgan fingerprint density at radius 2 is 0.650 bits per heavy atom. The fourth-order valence-electron chi connectivity index (χ4n) is 8.18. The molecule has 10 atom stereocenters. The Hall–Kier alpha value is -3.58. The van der Waals surface area contributed by atoms with Crippen molar-refractivity contribution in [2.45, 2.75) is 100 Å². The highest BCUT2D eigenvalue weighted by Crippen LogP contribution is 2.34. The molecule has 4 heterocycles. The van der Waals surface area contributed by atoms with E-state index in [1.807, 2.05) is 0 Å². The number of hydrogen-bond donors (Lipinski definition) is 4. The van der Waals surface area contributed by atoms with Gasteiger partial charge < -0.3 is 39.4 Å². The van der Waals surface area contributed by atoms with Gasteiger partial charge in [0.2, 0.25) is 0 Å². The summed E-state index contributed by atoms with van der Waals surface area (Å²) in [5, 5.41) is 42.4. The summed E-state index contributed by atoms with van der Waals surface area (Å²) in [6.45, 7) is 1.16. The number of aliphatic hydroxyl groups excluding tert-OH is 4. The van der Waals surface area contributed by atoms with Gasteiger partial charge in [-0.15, -0.1) is 0 Å². The highest BCUT2D eigenvalue weighted by molar-refractivity contribution is 7.13. The lowest BCUT2D eigenvalue weighted by atomic mass is 9.98. The second-order valence-corrected chi connectivity index (χ2v) is 17.4. The molecule has 0 fully saturated rings. The minimum Gasteiger partial charge on any atom is -0.487 e. The minimum absolute atomic E-state index is 0.289. The van der Waals surface area contributed by atoms with Crippen molar-refractivity contribution in [1.29, 1.82) is 0 Å². The number of aryl methyl sites for hydroxylation is 4. The van der Waals surface area contributed by atoms with Gasteiger partial charge in [-0.25, -0.2) is 17.6 Å². The van der Waals surface area contributed by atoms with Crippen LogP contribution in [0.2, 0.25) is 0 Å². The van der Waals surface area contributed by atoms with E-state index in [0.717, 1.165) is 22.3 Å². The fourth-order valence-corrected chi connectivity index (χ4v) is 9.04. The van der Waals surface area contributed by atoms with E-state index >= 15 is 0 Å². The van der Waals surface area contributed by atoms with Gasteiger partial charge in [0, 0.05) is 26.2 Å². The van der Waals surface area contributed by atoms with E-state index < -0.39 is 48.8 Å². The van der Waals surface area contributed by atoms with Crippen LogP contribution in [0.5, 0.6) is 23.0 Å². The molecule has 2 unspecified atom stereocenters. The molecule has 4 aromatic rings. The molecule has 4 aromatic carbocycles. The molecule has 4 aliphatic rings. The molecule has 60 heavy (non-hydrogen) atoms. The number of rotatable bonds is 12. The Morgan fingerprint density at radius 3 is 0.867 bits per heavy atom. The molecular weight excluding hydrogens is 822 g/mol. The second kappa shape index (κ2) is 20.1. The largest absolute Gasteiger partial charge is 0.487 e. The maximum absolute atomic E-state index is 13.3. The average molecular weight is 875 g/mol. The molecule has 4 aliphatic heterocycles. The Balaban J connectivity index is 0.000000181. The third kappa shape index (κ3) is 11.5. The summed E-state index contributed by atoms with van der Waals surface area (Å²) >= 11 is 0. The van der Waals surface area contributed by atoms with Gasteiger partial charge in [-0.3, -0.25) is 9.34 Å². The highest BCUT2D eigenvalue weighted by Gasteiger charge is 2.33. The van der Waals surface area contributed by atoms with Crippen molar-refractivity contribution in [1.82, 2.24) is 9.34 Å². The zero-order valence-electron chi connectivity index (χ0n) is 33.0. The zero-order chi connectivity index (χ0) is 42.5. The van der Waals surface area contributed by atoms with Gasteiger partial charge >= 0.3 is 0 Å². The molecule has 0 amide bonds. The maximum atomic E-state index is 13.3. The first kappa shape index (κ1) is 44.5. The maximum Gasteiger partial charge on any atom is 0.126 e. The molecule has 0 radical (unpaired) electrons. The van der Waals surface area contributed by atoms with E-state index in [-0.39, 0.29) is 49.4 Å². The summed E-state index contributed by atoms with van der Waals surface area (Å²) in [6.07, 6.45) is 0.340. The van der Waals surface area contributed by atoms with Crippen molar-refractivity contribution in [3.8, 4) is 23.0 Å². The zero-order valence-corrected chi connectivity index (χ0v) is 35.3. The lowest BCUT2D eigenvalue weighted by Gasteiger charge is -2.34. The topological polar surface area (TPSA) is 124 Å². The number of halogens is 4. The Bertz CT molecular complexity index is 1800. The summed E-state index contributed by atoms with van der Waals surface area (Å²) in [7, 11) is 5.05. The van der Waals surface area contributed by atoms with Crippen LogP contribution in [0.1, 0.15) is 47.9 Å². The smallest absolute Gasteiger partial charge is 0.126 e. The molecule has 0 aromatic heterocycles. The van der Waals surface area contributed by atoms with Crippen LogP contribution in [-0.2, 0) is 25.7 Å². The van der Waals surface area contributed by atoms with E-state index in [2.05, 4.69) is 18.8 Å². The third-order valence-corrected chi connectivity index (χ3v) is 12.2. The predicted molar refractivity (Wildman–Crippen MR) is 223 cm³/mol. The molecule has 0 aliphatic carbocycles. The van der Waals surface area contributed by atoms with Gasteiger partial charge in [0.25, 0.3) is 0 Å². The molecule has 16 heteroatoms. The van der Waals surface area contributed by atoms with Gasteiger partial charge in [0.1, 0.15) is 95.1 Å².